The standard InChI is InChI=1S/C6H2F3NO/c7-6(8,9)5-4(3-10)1-2-11-5/h1-2H. The second kappa shape index (κ2) is 2.31. The van der Waals surface area contributed by atoms with Crippen LogP contribution in [0, 0.1) is 11.3 Å². The highest BCUT2D eigenvalue weighted by molar-refractivity contribution is 5.32. The Kier molecular flexibility index (Phi) is 1.61. The first-order valence-electron chi connectivity index (χ1n) is 2.60. The van der Waals surface area contributed by atoms with E-state index in [2.05, 4.69) is 4.42 Å². The first kappa shape index (κ1) is 7.66. The Bertz CT molecular complexity index is 294. The molecule has 11 heavy (non-hydrogen) atoms. The molecule has 0 spiro atoms. The molecular formula is C6H2F3NO. The maximum absolute atomic E-state index is 11.8. The summed E-state index contributed by atoms with van der Waals surface area (Å²) >= 11 is 0. The van der Waals surface area contributed by atoms with Crippen molar-refractivity contribution in [2.75, 3.05) is 0 Å². The number of furan rings is 1. The zero-order chi connectivity index (χ0) is 8.48. The Morgan fingerprint density at radius 2 is 2.09 bits per heavy atom. The van der Waals surface area contributed by atoms with Gasteiger partial charge in [0.25, 0.3) is 0 Å². The van der Waals surface area contributed by atoms with E-state index in [0.29, 0.717) is 0 Å². The first-order chi connectivity index (χ1) is 5.05. The third-order valence-corrected chi connectivity index (χ3v) is 1.04. The van der Waals surface area contributed by atoms with Crippen molar-refractivity contribution in [1.29, 1.82) is 5.26 Å². The molecule has 2 nitrogen and oxygen atoms in total. The molecule has 0 aliphatic carbocycles. The Balaban J connectivity index is 3.15. The largest absolute Gasteiger partial charge is 0.458 e. The Morgan fingerprint density at radius 1 is 1.45 bits per heavy atom. The number of hydrogen-bond donors (Lipinski definition) is 0. The number of hydrogen-bond acceptors (Lipinski definition) is 2. The molecule has 58 valence electrons. The minimum absolute atomic E-state index is 0.488. The molecule has 0 unspecified atom stereocenters. The lowest BCUT2D eigenvalue weighted by Crippen LogP contribution is -2.04. The molecule has 1 aromatic heterocycles. The Hall–Kier alpha value is -1.44. The molecule has 0 aromatic carbocycles. The van der Waals surface area contributed by atoms with E-state index in [1.165, 1.54) is 6.07 Å². The quantitative estimate of drug-likeness (QED) is 0.584. The van der Waals surface area contributed by atoms with Crippen LogP contribution in [0.1, 0.15) is 11.3 Å². The summed E-state index contributed by atoms with van der Waals surface area (Å²) in [5, 5.41) is 8.16. The molecule has 0 fully saturated rings. The molecule has 0 atom stereocenters. The molecule has 0 aliphatic heterocycles. The first-order valence-corrected chi connectivity index (χ1v) is 2.60. The number of nitrogens with zero attached hydrogens (tertiary/aromatic N) is 1. The van der Waals surface area contributed by atoms with Crippen LogP contribution in [0.5, 0.6) is 0 Å². The van der Waals surface area contributed by atoms with Crippen LogP contribution >= 0.6 is 0 Å². The fraction of sp³-hybridized carbons (Fsp3) is 0.167. The fourth-order valence-electron chi connectivity index (χ4n) is 0.617. The van der Waals surface area contributed by atoms with Crippen molar-refractivity contribution >= 4 is 0 Å². The molecule has 0 amide bonds. The minimum atomic E-state index is -4.57. The van der Waals surface area contributed by atoms with Gasteiger partial charge in [0.1, 0.15) is 11.6 Å². The number of nitriles is 1. The van der Waals surface area contributed by atoms with E-state index in [-0.39, 0.29) is 0 Å². The van der Waals surface area contributed by atoms with Crippen LogP contribution < -0.4 is 0 Å². The molecule has 1 aromatic rings. The average Bonchev–Trinajstić information content (AvgIpc) is 2.31. The predicted molar refractivity (Wildman–Crippen MR) is 28.4 cm³/mol. The molecule has 0 aliphatic rings. The number of halogens is 3. The highest BCUT2D eigenvalue weighted by Crippen LogP contribution is 2.31. The minimum Gasteiger partial charge on any atom is -0.458 e. The third kappa shape index (κ3) is 1.34. The summed E-state index contributed by atoms with van der Waals surface area (Å²) in [4.78, 5) is 0. The van der Waals surface area contributed by atoms with Gasteiger partial charge in [-0.2, -0.15) is 18.4 Å². The van der Waals surface area contributed by atoms with Crippen LogP contribution in [0.25, 0.3) is 0 Å². The summed E-state index contributed by atoms with van der Waals surface area (Å²) in [6.45, 7) is 0. The van der Waals surface area contributed by atoms with E-state index in [1.807, 2.05) is 0 Å². The lowest BCUT2D eigenvalue weighted by Gasteiger charge is -2.00. The normalized spacial score (nSPS) is 11.1. The van der Waals surface area contributed by atoms with E-state index >= 15 is 0 Å². The maximum atomic E-state index is 11.8. The van der Waals surface area contributed by atoms with Gasteiger partial charge in [-0.3, -0.25) is 0 Å². The summed E-state index contributed by atoms with van der Waals surface area (Å²) in [7, 11) is 0. The van der Waals surface area contributed by atoms with Crippen LogP contribution in [0.2, 0.25) is 0 Å². The molecule has 0 N–H and O–H groups in total. The Morgan fingerprint density at radius 3 is 2.45 bits per heavy atom. The maximum Gasteiger partial charge on any atom is 0.450 e. The van der Waals surface area contributed by atoms with E-state index in [9.17, 15) is 13.2 Å². The van der Waals surface area contributed by atoms with Gasteiger partial charge in [-0.05, 0) is 6.07 Å². The van der Waals surface area contributed by atoms with Gasteiger partial charge < -0.3 is 4.42 Å². The highest BCUT2D eigenvalue weighted by atomic mass is 19.4. The molecule has 5 heteroatoms. The van der Waals surface area contributed by atoms with Crippen LogP contribution in [-0.4, -0.2) is 0 Å². The number of rotatable bonds is 0. The molecule has 1 rings (SSSR count). The summed E-state index contributed by atoms with van der Waals surface area (Å²) in [6.07, 6.45) is -3.74. The summed E-state index contributed by atoms with van der Waals surface area (Å²) in [6, 6.07) is 2.34. The second-order valence-corrected chi connectivity index (χ2v) is 1.77. The second-order valence-electron chi connectivity index (χ2n) is 1.77. The molecule has 1 heterocycles. The van der Waals surface area contributed by atoms with Crippen molar-refractivity contribution in [1.82, 2.24) is 0 Å². The average molecular weight is 161 g/mol. The van der Waals surface area contributed by atoms with Crippen LogP contribution in [0.15, 0.2) is 16.7 Å². The molecule has 0 bridgehead atoms. The van der Waals surface area contributed by atoms with E-state index < -0.39 is 17.5 Å². The van der Waals surface area contributed by atoms with Gasteiger partial charge in [-0.1, -0.05) is 0 Å². The summed E-state index contributed by atoms with van der Waals surface area (Å²) in [5.74, 6) is -1.24. The van der Waals surface area contributed by atoms with E-state index in [4.69, 9.17) is 5.26 Å². The van der Waals surface area contributed by atoms with Gasteiger partial charge in [0.15, 0.2) is 0 Å². The van der Waals surface area contributed by atoms with Gasteiger partial charge >= 0.3 is 6.18 Å². The highest BCUT2D eigenvalue weighted by Gasteiger charge is 2.37. The van der Waals surface area contributed by atoms with Crippen molar-refractivity contribution < 1.29 is 17.6 Å². The van der Waals surface area contributed by atoms with Crippen LogP contribution in [0.3, 0.4) is 0 Å². The van der Waals surface area contributed by atoms with E-state index in [1.54, 1.807) is 0 Å². The third-order valence-electron chi connectivity index (χ3n) is 1.04. The van der Waals surface area contributed by atoms with Gasteiger partial charge in [0.2, 0.25) is 5.76 Å². The van der Waals surface area contributed by atoms with Gasteiger partial charge in [-0.25, -0.2) is 0 Å². The van der Waals surface area contributed by atoms with Gasteiger partial charge in [0, 0.05) is 0 Å². The summed E-state index contributed by atoms with van der Waals surface area (Å²) in [5.41, 5.74) is -0.488. The Labute approximate surface area is 59.8 Å². The lowest BCUT2D eigenvalue weighted by molar-refractivity contribution is -0.153. The van der Waals surface area contributed by atoms with Gasteiger partial charge in [-0.15, -0.1) is 0 Å². The molecule has 0 saturated carbocycles. The van der Waals surface area contributed by atoms with Crippen molar-refractivity contribution in [3.63, 3.8) is 0 Å². The smallest absolute Gasteiger partial charge is 0.450 e. The van der Waals surface area contributed by atoms with Crippen LogP contribution in [-0.2, 0) is 6.18 Å². The predicted octanol–water partition coefficient (Wildman–Crippen LogP) is 2.17. The number of alkyl halides is 3. The SMILES string of the molecule is N#Cc1ccoc1C(F)(F)F. The monoisotopic (exact) mass is 161 g/mol. The molecular weight excluding hydrogens is 159 g/mol. The molecule has 0 radical (unpaired) electrons. The van der Waals surface area contributed by atoms with Crippen LogP contribution in [0.4, 0.5) is 13.2 Å². The van der Waals surface area contributed by atoms with Crippen molar-refractivity contribution in [3.8, 4) is 6.07 Å². The zero-order valence-corrected chi connectivity index (χ0v) is 5.14. The topological polar surface area (TPSA) is 36.9 Å². The van der Waals surface area contributed by atoms with Crippen molar-refractivity contribution in [3.05, 3.63) is 23.7 Å². The van der Waals surface area contributed by atoms with Crippen molar-refractivity contribution in [2.45, 2.75) is 6.18 Å². The molecule has 0 saturated heterocycles. The van der Waals surface area contributed by atoms with E-state index in [0.717, 1.165) is 12.3 Å². The lowest BCUT2D eigenvalue weighted by atomic mass is 10.3. The van der Waals surface area contributed by atoms with Crippen molar-refractivity contribution in [2.24, 2.45) is 0 Å². The van der Waals surface area contributed by atoms with Gasteiger partial charge in [0.05, 0.1) is 6.26 Å². The zero-order valence-electron chi connectivity index (χ0n) is 5.14. The summed E-state index contributed by atoms with van der Waals surface area (Å²) < 4.78 is 39.5. The fourth-order valence-corrected chi connectivity index (χ4v) is 0.617.